The highest BCUT2D eigenvalue weighted by atomic mass is 16.5. The quantitative estimate of drug-likeness (QED) is 0.579. The van der Waals surface area contributed by atoms with Crippen LogP contribution in [-0.4, -0.2) is 75.1 Å². The molecule has 1 aliphatic rings. The fourth-order valence-electron chi connectivity index (χ4n) is 3.76. The highest BCUT2D eigenvalue weighted by Crippen LogP contribution is 2.34. The molecule has 0 aromatic heterocycles. The summed E-state index contributed by atoms with van der Waals surface area (Å²) < 4.78 is 15.7. The van der Waals surface area contributed by atoms with Crippen LogP contribution in [0.2, 0.25) is 0 Å². The second-order valence-electron chi connectivity index (χ2n) is 7.76. The Labute approximate surface area is 200 Å². The first-order chi connectivity index (χ1) is 16.5. The average molecular weight is 469 g/mol. The molecule has 3 rings (SSSR count). The maximum Gasteiger partial charge on any atom is 0.317 e. The first kappa shape index (κ1) is 25.0. The van der Waals surface area contributed by atoms with Crippen molar-refractivity contribution in [2.45, 2.75) is 19.4 Å². The number of hydrazone groups is 1. The van der Waals surface area contributed by atoms with E-state index in [-0.39, 0.29) is 24.5 Å². The van der Waals surface area contributed by atoms with E-state index in [1.807, 2.05) is 55.5 Å². The van der Waals surface area contributed by atoms with E-state index in [1.165, 1.54) is 9.91 Å². The van der Waals surface area contributed by atoms with Crippen LogP contribution in [-0.2, 0) is 9.53 Å². The van der Waals surface area contributed by atoms with Gasteiger partial charge in [0, 0.05) is 32.2 Å². The molecule has 0 spiro atoms. The van der Waals surface area contributed by atoms with Crippen LogP contribution in [0, 0.1) is 0 Å². The van der Waals surface area contributed by atoms with Gasteiger partial charge in [0.2, 0.25) is 0 Å². The normalized spacial score (nSPS) is 15.0. The summed E-state index contributed by atoms with van der Waals surface area (Å²) in [6.45, 7) is 2.80. The lowest BCUT2D eigenvalue weighted by molar-refractivity contribution is -0.133. The van der Waals surface area contributed by atoms with Gasteiger partial charge in [0.1, 0.15) is 18.0 Å². The van der Waals surface area contributed by atoms with Crippen LogP contribution in [0.25, 0.3) is 0 Å². The van der Waals surface area contributed by atoms with Crippen molar-refractivity contribution in [3.05, 3.63) is 59.7 Å². The van der Waals surface area contributed by atoms with E-state index in [9.17, 15) is 9.59 Å². The molecule has 1 N–H and O–H groups in total. The molecule has 0 saturated heterocycles. The number of rotatable bonds is 10. The second-order valence-corrected chi connectivity index (χ2v) is 7.76. The van der Waals surface area contributed by atoms with Gasteiger partial charge in [0.15, 0.2) is 0 Å². The van der Waals surface area contributed by atoms with Crippen molar-refractivity contribution in [2.24, 2.45) is 5.10 Å². The number of ether oxygens (including phenoxy) is 3. The molecule has 1 heterocycles. The molecule has 1 atom stereocenters. The van der Waals surface area contributed by atoms with Gasteiger partial charge >= 0.3 is 6.03 Å². The summed E-state index contributed by atoms with van der Waals surface area (Å²) in [7, 11) is 4.78. The molecule has 0 radical (unpaired) electrons. The van der Waals surface area contributed by atoms with E-state index in [2.05, 4.69) is 5.32 Å². The molecule has 1 aliphatic heterocycles. The number of hydrogen-bond donors (Lipinski definition) is 1. The molecule has 9 heteroatoms. The number of amides is 3. The lowest BCUT2D eigenvalue weighted by atomic mass is 9.98. The maximum atomic E-state index is 13.4. The number of methoxy groups -OCH3 is 3. The minimum absolute atomic E-state index is 0.114. The van der Waals surface area contributed by atoms with E-state index in [0.717, 1.165) is 22.6 Å². The largest absolute Gasteiger partial charge is 0.497 e. The number of urea groups is 1. The van der Waals surface area contributed by atoms with Gasteiger partial charge in [-0.3, -0.25) is 4.79 Å². The van der Waals surface area contributed by atoms with Crippen molar-refractivity contribution in [2.75, 3.05) is 47.6 Å². The predicted molar refractivity (Wildman–Crippen MR) is 129 cm³/mol. The number of carbonyl (C=O) groups excluding carboxylic acids is 2. The van der Waals surface area contributed by atoms with Crippen LogP contribution in [0.1, 0.15) is 30.5 Å². The summed E-state index contributed by atoms with van der Waals surface area (Å²) in [6, 6.07) is 14.6. The van der Waals surface area contributed by atoms with Crippen molar-refractivity contribution in [1.82, 2.24) is 15.2 Å². The SMILES string of the molecule is CCNC(=O)N(CCOC)CC(=O)N1N=C(c2cccc(OC)c2)CC1c1ccc(OC)cc1. The van der Waals surface area contributed by atoms with Gasteiger partial charge in [0.05, 0.1) is 32.6 Å². The highest BCUT2D eigenvalue weighted by Gasteiger charge is 2.34. The van der Waals surface area contributed by atoms with Gasteiger partial charge in [-0.05, 0) is 36.8 Å². The van der Waals surface area contributed by atoms with Gasteiger partial charge in [-0.2, -0.15) is 5.10 Å². The molecule has 2 aromatic rings. The van der Waals surface area contributed by atoms with Gasteiger partial charge in [-0.25, -0.2) is 9.80 Å². The van der Waals surface area contributed by atoms with Crippen molar-refractivity contribution in [3.63, 3.8) is 0 Å². The molecule has 0 fully saturated rings. The molecular formula is C25H32N4O5. The zero-order valence-electron chi connectivity index (χ0n) is 20.1. The number of nitrogens with one attached hydrogen (secondary N) is 1. The Bertz CT molecular complexity index is 1010. The lowest BCUT2D eigenvalue weighted by Gasteiger charge is -2.27. The standard InChI is InChI=1S/C25H32N4O5/c1-5-26-25(31)28(13-14-32-2)17-24(30)29-23(18-9-11-20(33-3)12-10-18)16-22(27-29)19-7-6-8-21(15-19)34-4/h6-12,15,23H,5,13-14,16-17H2,1-4H3,(H,26,31). The Morgan fingerprint density at radius 3 is 2.47 bits per heavy atom. The summed E-state index contributed by atoms with van der Waals surface area (Å²) in [5.74, 6) is 1.17. The summed E-state index contributed by atoms with van der Waals surface area (Å²) in [6.07, 6.45) is 0.532. The van der Waals surface area contributed by atoms with Crippen LogP contribution in [0.15, 0.2) is 53.6 Å². The van der Waals surface area contributed by atoms with Crippen LogP contribution in [0.5, 0.6) is 11.5 Å². The smallest absolute Gasteiger partial charge is 0.317 e. The number of benzene rings is 2. The third-order valence-corrected chi connectivity index (χ3v) is 5.58. The van der Waals surface area contributed by atoms with E-state index in [1.54, 1.807) is 21.3 Å². The third-order valence-electron chi connectivity index (χ3n) is 5.58. The van der Waals surface area contributed by atoms with Crippen molar-refractivity contribution in [3.8, 4) is 11.5 Å². The van der Waals surface area contributed by atoms with Gasteiger partial charge in [0.25, 0.3) is 5.91 Å². The fourth-order valence-corrected chi connectivity index (χ4v) is 3.76. The Morgan fingerprint density at radius 1 is 1.09 bits per heavy atom. The summed E-state index contributed by atoms with van der Waals surface area (Å²) >= 11 is 0. The molecule has 9 nitrogen and oxygen atoms in total. The van der Waals surface area contributed by atoms with Crippen LogP contribution >= 0.6 is 0 Å². The van der Waals surface area contributed by atoms with Gasteiger partial charge in [-0.15, -0.1) is 0 Å². The van der Waals surface area contributed by atoms with E-state index in [0.29, 0.717) is 31.9 Å². The van der Waals surface area contributed by atoms with Gasteiger partial charge in [-0.1, -0.05) is 24.3 Å². The summed E-state index contributed by atoms with van der Waals surface area (Å²) in [5, 5.41) is 8.93. The molecule has 34 heavy (non-hydrogen) atoms. The minimum atomic E-state index is -0.315. The molecule has 1 unspecified atom stereocenters. The zero-order chi connectivity index (χ0) is 24.5. The van der Waals surface area contributed by atoms with Crippen LogP contribution < -0.4 is 14.8 Å². The minimum Gasteiger partial charge on any atom is -0.497 e. The van der Waals surface area contributed by atoms with E-state index < -0.39 is 0 Å². The lowest BCUT2D eigenvalue weighted by Crippen LogP contribution is -2.47. The molecule has 0 saturated carbocycles. The van der Waals surface area contributed by atoms with Crippen molar-refractivity contribution >= 4 is 17.6 Å². The number of carbonyl (C=O) groups is 2. The summed E-state index contributed by atoms with van der Waals surface area (Å²) in [5.41, 5.74) is 2.58. The highest BCUT2D eigenvalue weighted by molar-refractivity contribution is 6.03. The topological polar surface area (TPSA) is 92.7 Å². The Morgan fingerprint density at radius 2 is 1.82 bits per heavy atom. The van der Waals surface area contributed by atoms with Gasteiger partial charge < -0.3 is 24.4 Å². The molecule has 3 amide bonds. The van der Waals surface area contributed by atoms with E-state index in [4.69, 9.17) is 19.3 Å². The van der Waals surface area contributed by atoms with Crippen LogP contribution in [0.4, 0.5) is 4.79 Å². The molecule has 182 valence electrons. The third kappa shape index (κ3) is 6.05. The van der Waals surface area contributed by atoms with Crippen molar-refractivity contribution < 1.29 is 23.8 Å². The molecule has 0 bridgehead atoms. The Hall–Kier alpha value is -3.59. The number of nitrogens with zero attached hydrogens (tertiary/aromatic N) is 3. The Kier molecular flexibility index (Phi) is 8.86. The average Bonchev–Trinajstić information content (AvgIpc) is 3.32. The first-order valence-electron chi connectivity index (χ1n) is 11.2. The molecule has 0 aliphatic carbocycles. The Balaban J connectivity index is 1.90. The second kappa shape index (κ2) is 12.0. The number of hydrogen-bond acceptors (Lipinski definition) is 6. The zero-order valence-corrected chi connectivity index (χ0v) is 20.1. The van der Waals surface area contributed by atoms with E-state index >= 15 is 0 Å². The predicted octanol–water partition coefficient (Wildman–Crippen LogP) is 3.06. The first-order valence-corrected chi connectivity index (χ1v) is 11.2. The maximum absolute atomic E-state index is 13.4. The monoisotopic (exact) mass is 468 g/mol. The fraction of sp³-hybridized carbons (Fsp3) is 0.400. The summed E-state index contributed by atoms with van der Waals surface area (Å²) in [4.78, 5) is 27.4. The van der Waals surface area contributed by atoms with Crippen LogP contribution in [0.3, 0.4) is 0 Å². The molecule has 2 aromatic carbocycles. The molecular weight excluding hydrogens is 436 g/mol. The van der Waals surface area contributed by atoms with Crippen molar-refractivity contribution in [1.29, 1.82) is 0 Å².